The molecule has 2 nitrogen and oxygen atoms in total. The molecular weight excluding hydrogens is 240 g/mol. The lowest BCUT2D eigenvalue weighted by Gasteiger charge is -2.15. The lowest BCUT2D eigenvalue weighted by Crippen LogP contribution is -2.07. The molecule has 0 saturated carbocycles. The maximum atomic E-state index is 4.14. The van der Waals surface area contributed by atoms with Crippen molar-refractivity contribution < 1.29 is 0 Å². The van der Waals surface area contributed by atoms with E-state index in [0.29, 0.717) is 0 Å². The molecule has 0 amide bonds. The second kappa shape index (κ2) is 5.11. The summed E-state index contributed by atoms with van der Waals surface area (Å²) in [5.41, 5.74) is 2.59. The van der Waals surface area contributed by atoms with Crippen LogP contribution >= 0.6 is 11.3 Å². The average Bonchev–Trinajstić information content (AvgIpc) is 2.76. The number of pyridine rings is 1. The second-order valence-electron chi connectivity index (χ2n) is 5.56. The highest BCUT2D eigenvalue weighted by Gasteiger charge is 2.15. The second-order valence-corrected chi connectivity index (χ2v) is 6.73. The van der Waals surface area contributed by atoms with Gasteiger partial charge in [0, 0.05) is 22.5 Å². The van der Waals surface area contributed by atoms with Crippen LogP contribution in [-0.4, -0.2) is 4.98 Å². The van der Waals surface area contributed by atoms with E-state index >= 15 is 0 Å². The molecule has 2 aromatic heterocycles. The third kappa shape index (κ3) is 3.10. The summed E-state index contributed by atoms with van der Waals surface area (Å²) < 4.78 is 0. The Balaban J connectivity index is 2.03. The van der Waals surface area contributed by atoms with Crippen molar-refractivity contribution in [3.8, 4) is 0 Å². The molecule has 0 aliphatic heterocycles. The van der Waals surface area contributed by atoms with Crippen LogP contribution in [0, 0.1) is 6.92 Å². The lowest BCUT2D eigenvalue weighted by molar-refractivity contribution is 0.604. The topological polar surface area (TPSA) is 24.9 Å². The van der Waals surface area contributed by atoms with Gasteiger partial charge in [0.2, 0.25) is 0 Å². The van der Waals surface area contributed by atoms with Crippen LogP contribution in [-0.2, 0) is 12.0 Å². The predicted octanol–water partition coefficient (Wildman–Crippen LogP) is 4.36. The fraction of sp³-hybridized carbons (Fsp3) is 0.400. The fourth-order valence-corrected chi connectivity index (χ4v) is 2.71. The molecule has 0 radical (unpaired) electrons. The van der Waals surface area contributed by atoms with Crippen molar-refractivity contribution in [2.24, 2.45) is 0 Å². The van der Waals surface area contributed by atoms with E-state index in [0.717, 1.165) is 12.2 Å². The Morgan fingerprint density at radius 2 is 2.00 bits per heavy atom. The zero-order valence-electron chi connectivity index (χ0n) is 11.4. The molecule has 2 heterocycles. The van der Waals surface area contributed by atoms with Gasteiger partial charge in [-0.15, -0.1) is 11.3 Å². The van der Waals surface area contributed by atoms with Crippen molar-refractivity contribution in [1.29, 1.82) is 0 Å². The molecule has 2 rings (SSSR count). The standard InChI is InChI=1S/C15H20N2S/c1-11-7-8-16-10-13(11)17-9-12-5-6-14(18-12)15(2,3)4/h5-8,10,17H,9H2,1-4H3. The zero-order valence-corrected chi connectivity index (χ0v) is 12.3. The maximum Gasteiger partial charge on any atom is 0.0559 e. The predicted molar refractivity (Wildman–Crippen MR) is 79.3 cm³/mol. The Hall–Kier alpha value is -1.35. The molecule has 0 aromatic carbocycles. The van der Waals surface area contributed by atoms with Crippen LogP contribution in [0.2, 0.25) is 0 Å². The van der Waals surface area contributed by atoms with Crippen LogP contribution in [0.1, 0.15) is 36.1 Å². The number of aromatic nitrogens is 1. The van der Waals surface area contributed by atoms with Crippen molar-refractivity contribution in [2.45, 2.75) is 39.7 Å². The highest BCUT2D eigenvalue weighted by atomic mass is 32.1. The number of hydrogen-bond acceptors (Lipinski definition) is 3. The third-order valence-corrected chi connectivity index (χ3v) is 4.40. The molecule has 0 atom stereocenters. The highest BCUT2D eigenvalue weighted by molar-refractivity contribution is 7.12. The number of hydrogen-bond donors (Lipinski definition) is 1. The van der Waals surface area contributed by atoms with Gasteiger partial charge >= 0.3 is 0 Å². The van der Waals surface area contributed by atoms with Gasteiger partial charge in [-0.3, -0.25) is 4.98 Å². The van der Waals surface area contributed by atoms with Crippen LogP contribution in [0.25, 0.3) is 0 Å². The first kappa shape index (κ1) is 13.1. The zero-order chi connectivity index (χ0) is 13.2. The minimum absolute atomic E-state index is 0.243. The molecule has 0 unspecified atom stereocenters. The monoisotopic (exact) mass is 260 g/mol. The Bertz CT molecular complexity index is 523. The molecule has 96 valence electrons. The first-order valence-electron chi connectivity index (χ1n) is 6.20. The van der Waals surface area contributed by atoms with Crippen molar-refractivity contribution >= 4 is 17.0 Å². The summed E-state index contributed by atoms with van der Waals surface area (Å²) in [7, 11) is 0. The average molecular weight is 260 g/mol. The summed E-state index contributed by atoms with van der Waals surface area (Å²) >= 11 is 1.88. The van der Waals surface area contributed by atoms with Gasteiger partial charge in [0.15, 0.2) is 0 Å². The molecule has 0 aliphatic carbocycles. The first-order chi connectivity index (χ1) is 8.47. The van der Waals surface area contributed by atoms with Gasteiger partial charge in [-0.05, 0) is 36.1 Å². The van der Waals surface area contributed by atoms with Gasteiger partial charge in [-0.1, -0.05) is 20.8 Å². The highest BCUT2D eigenvalue weighted by Crippen LogP contribution is 2.29. The minimum Gasteiger partial charge on any atom is -0.379 e. The number of aryl methyl sites for hydroxylation is 1. The van der Waals surface area contributed by atoms with E-state index in [1.54, 1.807) is 0 Å². The smallest absolute Gasteiger partial charge is 0.0559 e. The number of anilines is 1. The van der Waals surface area contributed by atoms with Crippen LogP contribution < -0.4 is 5.32 Å². The molecule has 0 bridgehead atoms. The van der Waals surface area contributed by atoms with Crippen molar-refractivity contribution in [2.75, 3.05) is 5.32 Å². The van der Waals surface area contributed by atoms with E-state index in [2.05, 4.69) is 50.1 Å². The van der Waals surface area contributed by atoms with Crippen LogP contribution in [0.15, 0.2) is 30.6 Å². The first-order valence-corrected chi connectivity index (χ1v) is 7.02. The van der Waals surface area contributed by atoms with E-state index in [4.69, 9.17) is 0 Å². The van der Waals surface area contributed by atoms with Gasteiger partial charge in [-0.25, -0.2) is 0 Å². The number of rotatable bonds is 3. The van der Waals surface area contributed by atoms with Crippen molar-refractivity contribution in [3.63, 3.8) is 0 Å². The van der Waals surface area contributed by atoms with E-state index in [9.17, 15) is 0 Å². The summed E-state index contributed by atoms with van der Waals surface area (Å²) in [6.07, 6.45) is 3.71. The molecular formula is C15H20N2S. The van der Waals surface area contributed by atoms with Crippen LogP contribution in [0.5, 0.6) is 0 Å². The Labute approximate surface area is 113 Å². The van der Waals surface area contributed by atoms with E-state index in [-0.39, 0.29) is 5.41 Å². The quantitative estimate of drug-likeness (QED) is 0.887. The summed E-state index contributed by atoms with van der Waals surface area (Å²) in [5, 5.41) is 3.44. The van der Waals surface area contributed by atoms with Gasteiger partial charge in [0.25, 0.3) is 0 Å². The molecule has 0 saturated heterocycles. The normalized spacial score (nSPS) is 11.6. The van der Waals surface area contributed by atoms with Crippen molar-refractivity contribution in [1.82, 2.24) is 4.98 Å². The van der Waals surface area contributed by atoms with Crippen molar-refractivity contribution in [3.05, 3.63) is 45.9 Å². The third-order valence-electron chi connectivity index (χ3n) is 2.89. The number of nitrogens with zero attached hydrogens (tertiary/aromatic N) is 1. The minimum atomic E-state index is 0.243. The molecule has 0 spiro atoms. The van der Waals surface area contributed by atoms with Crippen LogP contribution in [0.3, 0.4) is 0 Å². The Morgan fingerprint density at radius 1 is 1.22 bits per heavy atom. The molecule has 3 heteroatoms. The summed E-state index contributed by atoms with van der Waals surface area (Å²) in [6, 6.07) is 6.47. The summed E-state index contributed by atoms with van der Waals surface area (Å²) in [4.78, 5) is 6.94. The van der Waals surface area contributed by atoms with E-state index in [1.165, 1.54) is 15.3 Å². The van der Waals surface area contributed by atoms with E-state index in [1.807, 2.05) is 29.8 Å². The van der Waals surface area contributed by atoms with Gasteiger partial charge in [-0.2, -0.15) is 0 Å². The number of nitrogens with one attached hydrogen (secondary N) is 1. The summed E-state index contributed by atoms with van der Waals surface area (Å²) in [6.45, 7) is 9.72. The summed E-state index contributed by atoms with van der Waals surface area (Å²) in [5.74, 6) is 0. The lowest BCUT2D eigenvalue weighted by atomic mass is 9.95. The van der Waals surface area contributed by atoms with E-state index < -0.39 is 0 Å². The maximum absolute atomic E-state index is 4.14. The molecule has 1 N–H and O–H groups in total. The van der Waals surface area contributed by atoms with Gasteiger partial charge in [0.05, 0.1) is 11.9 Å². The molecule has 18 heavy (non-hydrogen) atoms. The van der Waals surface area contributed by atoms with Gasteiger partial charge in [0.1, 0.15) is 0 Å². The SMILES string of the molecule is Cc1ccncc1NCc1ccc(C(C)(C)C)s1. The Morgan fingerprint density at radius 3 is 2.61 bits per heavy atom. The van der Waals surface area contributed by atoms with Crippen LogP contribution in [0.4, 0.5) is 5.69 Å². The molecule has 0 aliphatic rings. The molecule has 2 aromatic rings. The fourth-order valence-electron chi connectivity index (χ4n) is 1.71. The largest absolute Gasteiger partial charge is 0.379 e. The van der Waals surface area contributed by atoms with Gasteiger partial charge < -0.3 is 5.32 Å². The molecule has 0 fully saturated rings. The Kier molecular flexibility index (Phi) is 3.71. The number of thiophene rings is 1.